The van der Waals surface area contributed by atoms with Gasteiger partial charge in [0, 0.05) is 54.1 Å². The molecule has 4 saturated carbocycles. The van der Waals surface area contributed by atoms with Crippen molar-refractivity contribution in [2.24, 2.45) is 38.9 Å². The van der Waals surface area contributed by atoms with Crippen molar-refractivity contribution in [3.05, 3.63) is 36.0 Å². The number of Topliss-reactive ketones (excluding diaryl/α,β-unsaturated/α-hetero) is 1. The molecular formula is C47H68N6O7S. The minimum absolute atomic E-state index is 0.00354. The van der Waals surface area contributed by atoms with Crippen LogP contribution in [0, 0.1) is 38.9 Å². The van der Waals surface area contributed by atoms with E-state index in [9.17, 15) is 27.6 Å². The first-order valence-electron chi connectivity index (χ1n) is 23.1. The van der Waals surface area contributed by atoms with Crippen LogP contribution >= 0.6 is 0 Å². The third-order valence-electron chi connectivity index (χ3n) is 17.0. The minimum Gasteiger partial charge on any atom is -0.361 e. The third-order valence-corrected chi connectivity index (χ3v) is 18.4. The maximum atomic E-state index is 15.2. The zero-order valence-corrected chi connectivity index (χ0v) is 38.0. The maximum Gasteiger partial charge on any atom is 0.303 e. The molecule has 2 aliphatic heterocycles. The summed E-state index contributed by atoms with van der Waals surface area (Å²) < 4.78 is 29.7. The number of carbonyl (C=O) groups excluding carboxylic acids is 5. The van der Waals surface area contributed by atoms with E-state index in [4.69, 9.17) is 0 Å². The molecule has 1 aromatic heterocycles. The molecule has 6 atom stereocenters. The number of aromatic nitrogens is 1. The maximum absolute atomic E-state index is 15.2. The first-order valence-corrected chi connectivity index (χ1v) is 24.5. The molecule has 6 fully saturated rings. The van der Waals surface area contributed by atoms with Gasteiger partial charge in [-0.2, -0.15) is 12.7 Å². The van der Waals surface area contributed by atoms with Crippen LogP contribution in [0.25, 0.3) is 10.9 Å². The van der Waals surface area contributed by atoms with Crippen LogP contribution in [-0.4, -0.2) is 89.8 Å². The zero-order chi connectivity index (χ0) is 43.8. The number of hydrogen-bond acceptors (Lipinski definition) is 7. The largest absolute Gasteiger partial charge is 0.361 e. The number of fused-ring (bicyclic) bond motifs is 2. The molecule has 4 aliphatic carbocycles. The highest BCUT2D eigenvalue weighted by Crippen LogP contribution is 2.88. The molecule has 6 aliphatic rings. The van der Waals surface area contributed by atoms with Crippen molar-refractivity contribution in [1.29, 1.82) is 0 Å². The van der Waals surface area contributed by atoms with E-state index in [1.165, 1.54) is 4.31 Å². The number of H-pyrrole nitrogens is 1. The standard InChI is InChI=1S/C47H68N6O7S/c1-30-27-45(30,42(58)51-61(59,60)52-24-10-11-25-52)20-12-16-36(54)35-28-47(44(5,6)46(47)21-13-22-46)29-53(35)41(57)38(43(2,3)4)50-40(56)37(31-14-8-7-9-15-31)49-39(55)33-17-18-34-32(26-33)19-23-48-34/h17-19,23,26,30-31,35,37-38,48H,7-16,20-22,24-25,27-29H2,1-6H3,(H,49,55)(H,50,56)(H,51,58). The highest BCUT2D eigenvalue weighted by molar-refractivity contribution is 7.87. The van der Waals surface area contributed by atoms with Crippen molar-refractivity contribution < 1.29 is 32.4 Å². The number of likely N-dealkylation sites (tertiary alicyclic amines) is 1. The van der Waals surface area contributed by atoms with Crippen LogP contribution in [-0.2, 0) is 29.4 Å². The van der Waals surface area contributed by atoms with Gasteiger partial charge in [0.25, 0.3) is 5.91 Å². The second-order valence-electron chi connectivity index (χ2n) is 21.4. The summed E-state index contributed by atoms with van der Waals surface area (Å²) in [6, 6.07) is 4.85. The van der Waals surface area contributed by atoms with Gasteiger partial charge in [-0.1, -0.05) is 67.2 Å². The second-order valence-corrected chi connectivity index (χ2v) is 23.1. The molecule has 2 saturated heterocycles. The van der Waals surface area contributed by atoms with Gasteiger partial charge in [0.05, 0.1) is 11.5 Å². The molecule has 14 heteroatoms. The lowest BCUT2D eigenvalue weighted by molar-refractivity contribution is -0.144. The Balaban J connectivity index is 1.000. The fourth-order valence-electron chi connectivity index (χ4n) is 12.7. The van der Waals surface area contributed by atoms with E-state index in [0.29, 0.717) is 50.9 Å². The van der Waals surface area contributed by atoms with Gasteiger partial charge < -0.3 is 20.5 Å². The lowest BCUT2D eigenvalue weighted by Crippen LogP contribution is -2.61. The molecule has 4 amide bonds. The van der Waals surface area contributed by atoms with E-state index in [1.807, 2.05) is 52.1 Å². The Morgan fingerprint density at radius 3 is 2.20 bits per heavy atom. The smallest absolute Gasteiger partial charge is 0.303 e. The van der Waals surface area contributed by atoms with Crippen molar-refractivity contribution >= 4 is 50.5 Å². The minimum atomic E-state index is -3.92. The molecule has 4 N–H and O–H groups in total. The lowest BCUT2D eigenvalue weighted by atomic mass is 9.73. The highest BCUT2D eigenvalue weighted by atomic mass is 32.2. The van der Waals surface area contributed by atoms with Crippen LogP contribution in [0.5, 0.6) is 0 Å². The summed E-state index contributed by atoms with van der Waals surface area (Å²) in [5.41, 5.74) is -0.387. The average Bonchev–Trinajstić information content (AvgIpc) is 3.63. The predicted molar refractivity (Wildman–Crippen MR) is 233 cm³/mol. The molecule has 2 aromatic rings. The molecule has 61 heavy (non-hydrogen) atoms. The Labute approximate surface area is 361 Å². The summed E-state index contributed by atoms with van der Waals surface area (Å²) >= 11 is 0. The van der Waals surface area contributed by atoms with Gasteiger partial charge in [-0.3, -0.25) is 24.0 Å². The number of hydrogen-bond donors (Lipinski definition) is 4. The number of ketones is 1. The summed E-state index contributed by atoms with van der Waals surface area (Å²) in [6.45, 7) is 13.5. The quantitative estimate of drug-likeness (QED) is 0.170. The normalized spacial score (nSPS) is 29.2. The van der Waals surface area contributed by atoms with Gasteiger partial charge in [0.15, 0.2) is 5.78 Å². The fraction of sp³-hybridized carbons (Fsp3) is 0.723. The van der Waals surface area contributed by atoms with E-state index in [1.54, 1.807) is 11.0 Å². The third kappa shape index (κ3) is 7.52. The first kappa shape index (κ1) is 43.9. The Morgan fingerprint density at radius 1 is 0.902 bits per heavy atom. The lowest BCUT2D eigenvalue weighted by Gasteiger charge is -2.38. The van der Waals surface area contributed by atoms with Gasteiger partial charge in [0.2, 0.25) is 17.7 Å². The molecule has 6 unspecified atom stereocenters. The number of aromatic amines is 1. The van der Waals surface area contributed by atoms with E-state index >= 15 is 4.79 Å². The van der Waals surface area contributed by atoms with E-state index in [0.717, 1.165) is 75.1 Å². The number of amides is 4. The van der Waals surface area contributed by atoms with Crippen molar-refractivity contribution in [3.8, 4) is 0 Å². The Bertz CT molecular complexity index is 2180. The number of carbonyl (C=O) groups is 5. The summed E-state index contributed by atoms with van der Waals surface area (Å²) in [5.74, 6) is -1.63. The van der Waals surface area contributed by atoms with Crippen LogP contribution in [0.1, 0.15) is 148 Å². The summed E-state index contributed by atoms with van der Waals surface area (Å²) in [4.78, 5) is 76.6. The summed E-state index contributed by atoms with van der Waals surface area (Å²) in [5, 5.41) is 7.14. The molecule has 0 radical (unpaired) electrons. The first-order chi connectivity index (χ1) is 28.8. The van der Waals surface area contributed by atoms with Crippen molar-refractivity contribution in [2.75, 3.05) is 19.6 Å². The molecule has 0 bridgehead atoms. The molecule has 334 valence electrons. The second kappa shape index (κ2) is 15.8. The monoisotopic (exact) mass is 860 g/mol. The van der Waals surface area contributed by atoms with Crippen molar-refractivity contribution in [3.63, 3.8) is 0 Å². The van der Waals surface area contributed by atoms with Crippen molar-refractivity contribution in [1.82, 2.24) is 29.5 Å². The topological polar surface area (TPSA) is 178 Å². The fourth-order valence-corrected chi connectivity index (χ4v) is 14.0. The molecular weight excluding hydrogens is 793 g/mol. The van der Waals surface area contributed by atoms with Gasteiger partial charge in [-0.05, 0) is 117 Å². The average molecular weight is 861 g/mol. The SMILES string of the molecule is CC1CC1(CCCC(=O)C1CC2(CN1C(=O)C(NC(=O)C(NC(=O)c1ccc3[nH]ccc3c1)C1CCCCC1)C(C)(C)C)C(C)(C)C21CCC1)C(=O)NS(=O)(=O)N1CCCC1. The Kier molecular flexibility index (Phi) is 11.3. The van der Waals surface area contributed by atoms with Crippen LogP contribution in [0.3, 0.4) is 0 Å². The zero-order valence-electron chi connectivity index (χ0n) is 37.2. The van der Waals surface area contributed by atoms with Crippen LogP contribution in [0.2, 0.25) is 0 Å². The summed E-state index contributed by atoms with van der Waals surface area (Å²) in [6.07, 6.45) is 13.3. The van der Waals surface area contributed by atoms with Gasteiger partial charge >= 0.3 is 10.2 Å². The van der Waals surface area contributed by atoms with Crippen LogP contribution < -0.4 is 15.4 Å². The van der Waals surface area contributed by atoms with E-state index in [-0.39, 0.29) is 58.0 Å². The molecule has 13 nitrogen and oxygen atoms in total. The van der Waals surface area contributed by atoms with Crippen LogP contribution in [0.4, 0.5) is 0 Å². The number of benzene rings is 1. The van der Waals surface area contributed by atoms with Crippen LogP contribution in [0.15, 0.2) is 30.5 Å². The molecule has 3 heterocycles. The number of nitrogens with zero attached hydrogens (tertiary/aromatic N) is 2. The van der Waals surface area contributed by atoms with Gasteiger partial charge in [-0.15, -0.1) is 0 Å². The van der Waals surface area contributed by atoms with E-state index in [2.05, 4.69) is 34.2 Å². The molecule has 1 aromatic carbocycles. The van der Waals surface area contributed by atoms with Gasteiger partial charge in [0.1, 0.15) is 12.1 Å². The number of rotatable bonds is 14. The molecule has 8 rings (SSSR count). The van der Waals surface area contributed by atoms with E-state index < -0.39 is 45.1 Å². The van der Waals surface area contributed by atoms with Gasteiger partial charge in [-0.25, -0.2) is 4.72 Å². The number of nitrogens with one attached hydrogen (secondary N) is 4. The summed E-state index contributed by atoms with van der Waals surface area (Å²) in [7, 11) is -3.92. The highest BCUT2D eigenvalue weighted by Gasteiger charge is 2.85. The van der Waals surface area contributed by atoms with Crippen molar-refractivity contribution in [2.45, 2.75) is 156 Å². The Hall–Kier alpha value is -3.78. The Morgan fingerprint density at radius 2 is 1.59 bits per heavy atom. The molecule has 2 spiro atoms. The predicted octanol–water partition coefficient (Wildman–Crippen LogP) is 6.40.